The van der Waals surface area contributed by atoms with E-state index >= 15 is 0 Å². The summed E-state index contributed by atoms with van der Waals surface area (Å²) in [5, 5.41) is 9.01. The lowest BCUT2D eigenvalue weighted by Gasteiger charge is -2.11. The van der Waals surface area contributed by atoms with Crippen LogP contribution in [0.4, 0.5) is 0 Å². The SMILES string of the molecule is COc1cc2nc[nH]c(=O)c2cc1OCCCCCCC(=O)O. The summed E-state index contributed by atoms with van der Waals surface area (Å²) in [6, 6.07) is 3.30. The molecule has 0 radical (unpaired) electrons. The van der Waals surface area contributed by atoms with Crippen molar-refractivity contribution in [1.82, 2.24) is 9.97 Å². The number of unbranched alkanes of at least 4 members (excludes halogenated alkanes) is 3. The van der Waals surface area contributed by atoms with Crippen LogP contribution in [0.25, 0.3) is 10.9 Å². The average Bonchev–Trinajstić information content (AvgIpc) is 2.53. The van der Waals surface area contributed by atoms with Crippen LogP contribution in [0, 0.1) is 0 Å². The number of hydrogen-bond donors (Lipinski definition) is 2. The quantitative estimate of drug-likeness (QED) is 0.688. The van der Waals surface area contributed by atoms with Crippen molar-refractivity contribution < 1.29 is 19.4 Å². The summed E-state index contributed by atoms with van der Waals surface area (Å²) >= 11 is 0. The van der Waals surface area contributed by atoms with Crippen molar-refractivity contribution in [2.24, 2.45) is 0 Å². The Morgan fingerprint density at radius 2 is 2.00 bits per heavy atom. The van der Waals surface area contributed by atoms with Gasteiger partial charge < -0.3 is 19.6 Å². The second-order valence-corrected chi connectivity index (χ2v) is 5.16. The minimum absolute atomic E-state index is 0.204. The molecule has 1 aromatic heterocycles. The molecule has 1 aromatic carbocycles. The van der Waals surface area contributed by atoms with Crippen LogP contribution in [-0.2, 0) is 4.79 Å². The molecule has 0 aliphatic carbocycles. The highest BCUT2D eigenvalue weighted by Crippen LogP contribution is 2.30. The number of aromatic nitrogens is 2. The number of H-pyrrole nitrogens is 1. The number of nitrogens with zero attached hydrogens (tertiary/aromatic N) is 1. The van der Waals surface area contributed by atoms with Gasteiger partial charge in [-0.05, 0) is 18.9 Å². The number of aliphatic carboxylic acids is 1. The molecule has 0 aliphatic heterocycles. The lowest BCUT2D eigenvalue weighted by atomic mass is 10.1. The molecule has 124 valence electrons. The van der Waals surface area contributed by atoms with E-state index in [1.165, 1.54) is 13.4 Å². The summed E-state index contributed by atoms with van der Waals surface area (Å²) < 4.78 is 11.0. The number of carbonyl (C=O) groups is 1. The number of benzene rings is 1. The Labute approximate surface area is 133 Å². The van der Waals surface area contributed by atoms with Crippen molar-refractivity contribution in [3.05, 3.63) is 28.8 Å². The number of aromatic amines is 1. The molecular formula is C16H20N2O5. The van der Waals surface area contributed by atoms with Crippen molar-refractivity contribution in [2.45, 2.75) is 32.1 Å². The summed E-state index contributed by atoms with van der Waals surface area (Å²) in [5.41, 5.74) is 0.322. The number of carboxylic acids is 1. The van der Waals surface area contributed by atoms with Crippen LogP contribution in [0.1, 0.15) is 32.1 Å². The van der Waals surface area contributed by atoms with Crippen molar-refractivity contribution in [3.63, 3.8) is 0 Å². The first-order valence-electron chi connectivity index (χ1n) is 7.52. The molecule has 0 aliphatic rings. The molecule has 0 unspecified atom stereocenters. The number of methoxy groups -OCH3 is 1. The largest absolute Gasteiger partial charge is 0.493 e. The van der Waals surface area contributed by atoms with Crippen molar-refractivity contribution in [1.29, 1.82) is 0 Å². The second-order valence-electron chi connectivity index (χ2n) is 5.16. The zero-order chi connectivity index (χ0) is 16.7. The van der Waals surface area contributed by atoms with Gasteiger partial charge in [-0.2, -0.15) is 0 Å². The van der Waals surface area contributed by atoms with Crippen LogP contribution in [0.2, 0.25) is 0 Å². The first kappa shape index (κ1) is 16.8. The molecule has 2 rings (SSSR count). The molecular weight excluding hydrogens is 300 g/mol. The van der Waals surface area contributed by atoms with Gasteiger partial charge in [-0.15, -0.1) is 0 Å². The lowest BCUT2D eigenvalue weighted by molar-refractivity contribution is -0.137. The molecule has 7 heteroatoms. The van der Waals surface area contributed by atoms with Crippen molar-refractivity contribution in [2.75, 3.05) is 13.7 Å². The molecule has 0 bridgehead atoms. The van der Waals surface area contributed by atoms with Crippen LogP contribution >= 0.6 is 0 Å². The maximum Gasteiger partial charge on any atom is 0.303 e. The zero-order valence-corrected chi connectivity index (χ0v) is 13.0. The second kappa shape index (κ2) is 8.17. The number of hydrogen-bond acceptors (Lipinski definition) is 5. The first-order valence-corrected chi connectivity index (χ1v) is 7.52. The Morgan fingerprint density at radius 3 is 2.74 bits per heavy atom. The highest BCUT2D eigenvalue weighted by atomic mass is 16.5. The Bertz CT molecular complexity index is 726. The van der Waals surface area contributed by atoms with Gasteiger partial charge >= 0.3 is 5.97 Å². The van der Waals surface area contributed by atoms with E-state index in [0.717, 1.165) is 19.3 Å². The van der Waals surface area contributed by atoms with Gasteiger partial charge in [0.1, 0.15) is 0 Å². The molecule has 0 spiro atoms. The fraction of sp³-hybridized carbons (Fsp3) is 0.438. The van der Waals surface area contributed by atoms with Crippen LogP contribution in [0.15, 0.2) is 23.3 Å². The number of carboxylic acid groups (broad SMARTS) is 1. The Morgan fingerprint density at radius 1 is 1.22 bits per heavy atom. The third-order valence-electron chi connectivity index (χ3n) is 3.47. The van der Waals surface area contributed by atoms with Gasteiger partial charge in [-0.3, -0.25) is 9.59 Å². The number of rotatable bonds is 9. The fourth-order valence-corrected chi connectivity index (χ4v) is 2.26. The van der Waals surface area contributed by atoms with Gasteiger partial charge in [0, 0.05) is 12.5 Å². The maximum atomic E-state index is 11.8. The van der Waals surface area contributed by atoms with E-state index in [0.29, 0.717) is 35.4 Å². The molecule has 0 atom stereocenters. The highest BCUT2D eigenvalue weighted by molar-refractivity contribution is 5.81. The Hall–Kier alpha value is -2.57. The molecule has 0 fully saturated rings. The average molecular weight is 320 g/mol. The smallest absolute Gasteiger partial charge is 0.303 e. The molecule has 2 N–H and O–H groups in total. The zero-order valence-electron chi connectivity index (χ0n) is 13.0. The molecule has 7 nitrogen and oxygen atoms in total. The number of nitrogens with one attached hydrogen (secondary N) is 1. The molecule has 0 amide bonds. The molecule has 23 heavy (non-hydrogen) atoms. The Balaban J connectivity index is 1.93. The van der Waals surface area contributed by atoms with Crippen molar-refractivity contribution in [3.8, 4) is 11.5 Å². The van der Waals surface area contributed by atoms with E-state index in [4.69, 9.17) is 14.6 Å². The van der Waals surface area contributed by atoms with Gasteiger partial charge in [0.2, 0.25) is 0 Å². The monoisotopic (exact) mass is 320 g/mol. The minimum Gasteiger partial charge on any atom is -0.493 e. The Kier molecular flexibility index (Phi) is 5.96. The normalized spacial score (nSPS) is 10.7. The van der Waals surface area contributed by atoms with Crippen LogP contribution in [-0.4, -0.2) is 34.8 Å². The summed E-state index contributed by atoms with van der Waals surface area (Å²) in [5.74, 6) is 0.270. The van der Waals surface area contributed by atoms with E-state index in [1.807, 2.05) is 0 Å². The topological polar surface area (TPSA) is 102 Å². The van der Waals surface area contributed by atoms with Crippen LogP contribution in [0.5, 0.6) is 11.5 Å². The summed E-state index contributed by atoms with van der Waals surface area (Å²) in [6.07, 6.45) is 4.79. The van der Waals surface area contributed by atoms with E-state index in [9.17, 15) is 9.59 Å². The molecule has 0 saturated heterocycles. The number of ether oxygens (including phenoxy) is 2. The van der Waals surface area contributed by atoms with Crippen molar-refractivity contribution >= 4 is 16.9 Å². The van der Waals surface area contributed by atoms with Gasteiger partial charge in [0.15, 0.2) is 11.5 Å². The molecule has 0 saturated carbocycles. The summed E-state index contributed by atoms with van der Waals surface area (Å²) in [7, 11) is 1.53. The third kappa shape index (κ3) is 4.70. The fourth-order valence-electron chi connectivity index (χ4n) is 2.26. The number of fused-ring (bicyclic) bond motifs is 1. The minimum atomic E-state index is -0.763. The van der Waals surface area contributed by atoms with Gasteiger partial charge in [-0.1, -0.05) is 12.8 Å². The lowest BCUT2D eigenvalue weighted by Crippen LogP contribution is -2.07. The van der Waals surface area contributed by atoms with Gasteiger partial charge in [0.25, 0.3) is 5.56 Å². The third-order valence-corrected chi connectivity index (χ3v) is 3.47. The first-order chi connectivity index (χ1) is 11.1. The van der Waals surface area contributed by atoms with E-state index in [-0.39, 0.29) is 12.0 Å². The molecule has 2 aromatic rings. The summed E-state index contributed by atoms with van der Waals surface area (Å²) in [4.78, 5) is 28.8. The standard InChI is InChI=1S/C16H20N2O5/c1-22-13-9-12-11(16(21)18-10-17-12)8-14(13)23-7-5-3-2-4-6-15(19)20/h8-10H,2-7H2,1H3,(H,19,20)(H,17,18,21). The van der Waals surface area contributed by atoms with Crippen LogP contribution < -0.4 is 15.0 Å². The highest BCUT2D eigenvalue weighted by Gasteiger charge is 2.09. The predicted octanol–water partition coefficient (Wildman–Crippen LogP) is 2.35. The van der Waals surface area contributed by atoms with E-state index in [1.54, 1.807) is 12.1 Å². The van der Waals surface area contributed by atoms with Crippen LogP contribution in [0.3, 0.4) is 0 Å². The molecule has 1 heterocycles. The summed E-state index contributed by atoms with van der Waals surface area (Å²) in [6.45, 7) is 0.479. The predicted molar refractivity (Wildman–Crippen MR) is 85.1 cm³/mol. The van der Waals surface area contributed by atoms with E-state index in [2.05, 4.69) is 9.97 Å². The van der Waals surface area contributed by atoms with Gasteiger partial charge in [-0.25, -0.2) is 4.98 Å². The van der Waals surface area contributed by atoms with E-state index < -0.39 is 5.97 Å². The van der Waals surface area contributed by atoms with Gasteiger partial charge in [0.05, 0.1) is 30.9 Å². The maximum absolute atomic E-state index is 11.8.